The fourth-order valence-corrected chi connectivity index (χ4v) is 0. The van der Waals surface area contributed by atoms with Crippen LogP contribution < -0.4 is 51.4 Å². The predicted molar refractivity (Wildman–Crippen MR) is 13.9 cm³/mol. The van der Waals surface area contributed by atoms with E-state index in [1.165, 1.54) is 0 Å². The van der Waals surface area contributed by atoms with Crippen molar-refractivity contribution >= 4 is 16.0 Å². The molecule has 0 unspecified atom stereocenters. The number of rotatable bonds is 0. The first-order chi connectivity index (χ1) is 1.41. The number of nitriles is 1. The van der Waals surface area contributed by atoms with Crippen LogP contribution in [-0.2, 0) is 0 Å². The first-order valence-electron chi connectivity index (χ1n) is 0.447. The van der Waals surface area contributed by atoms with Crippen molar-refractivity contribution in [1.82, 2.24) is 0 Å². The van der Waals surface area contributed by atoms with E-state index in [0.717, 1.165) is 0 Å². The molecule has 0 aliphatic rings. The van der Waals surface area contributed by atoms with E-state index in [1.807, 2.05) is 0 Å². The van der Waals surface area contributed by atoms with Crippen LogP contribution in [0.2, 0.25) is 0 Å². The molecule has 0 radical (unpaired) electrons. The average molecular weight is 146 g/mol. The molecule has 0 atom stereocenters. The molecular weight excluding hydrogens is 144 g/mol. The van der Waals surface area contributed by atoms with Crippen molar-refractivity contribution in [2.45, 2.75) is 0 Å². The SMILES string of the molecule is N#C[SeH].[H-].[K+]. The third-order valence-corrected chi connectivity index (χ3v) is 0. The molecule has 0 saturated carbocycles. The zero-order valence-corrected chi connectivity index (χ0v) is 7.39. The maximum absolute atomic E-state index is 7.29. The zero-order chi connectivity index (χ0) is 2.71. The van der Waals surface area contributed by atoms with Gasteiger partial charge >= 0.3 is 77.6 Å². The van der Waals surface area contributed by atoms with E-state index >= 15 is 0 Å². The van der Waals surface area contributed by atoms with Gasteiger partial charge in [0, 0.05) is 0 Å². The molecule has 0 aliphatic carbocycles. The molecule has 0 saturated heterocycles. The Labute approximate surface area is 77.5 Å². The van der Waals surface area contributed by atoms with E-state index < -0.39 is 0 Å². The van der Waals surface area contributed by atoms with Gasteiger partial charge in [-0.25, -0.2) is 0 Å². The Bertz CT molecular complexity index is 33.1. The Morgan fingerprint density at radius 2 is 2.00 bits per heavy atom. The summed E-state index contributed by atoms with van der Waals surface area (Å²) in [5.41, 5.74) is 0. The van der Waals surface area contributed by atoms with Gasteiger partial charge in [-0.05, 0) is 0 Å². The van der Waals surface area contributed by atoms with Crippen molar-refractivity contribution in [3.63, 3.8) is 0 Å². The van der Waals surface area contributed by atoms with Gasteiger partial charge in [0.2, 0.25) is 0 Å². The van der Waals surface area contributed by atoms with Gasteiger partial charge in [0.15, 0.2) is 0 Å². The fraction of sp³-hybridized carbons (Fsp3) is 0. The van der Waals surface area contributed by atoms with Crippen LogP contribution in [0.5, 0.6) is 0 Å². The summed E-state index contributed by atoms with van der Waals surface area (Å²) < 4.78 is 0. The third-order valence-electron chi connectivity index (χ3n) is 0. The van der Waals surface area contributed by atoms with Crippen molar-refractivity contribution in [2.75, 3.05) is 0 Å². The van der Waals surface area contributed by atoms with E-state index in [2.05, 4.69) is 0 Å². The summed E-state index contributed by atoms with van der Waals surface area (Å²) in [6, 6.07) is 0. The smallest absolute Gasteiger partial charge is 1.00 e. The van der Waals surface area contributed by atoms with Crippen LogP contribution in [0, 0.1) is 10.2 Å². The summed E-state index contributed by atoms with van der Waals surface area (Å²) in [4.78, 5) is 1.69. The van der Waals surface area contributed by atoms with E-state index in [9.17, 15) is 0 Å². The van der Waals surface area contributed by atoms with Crippen molar-refractivity contribution in [3.05, 3.63) is 0 Å². The molecule has 3 heteroatoms. The monoisotopic (exact) mass is 147 g/mol. The maximum atomic E-state index is 7.29. The van der Waals surface area contributed by atoms with Crippen molar-refractivity contribution in [3.8, 4) is 4.97 Å². The summed E-state index contributed by atoms with van der Waals surface area (Å²) in [5, 5.41) is 7.29. The van der Waals surface area contributed by atoms with Gasteiger partial charge in [0.05, 0.1) is 0 Å². The molecule has 18 valence electrons. The van der Waals surface area contributed by atoms with Crippen LogP contribution in [0.1, 0.15) is 1.43 Å². The first kappa shape index (κ1) is 9.17. The second kappa shape index (κ2) is 8.82. The van der Waals surface area contributed by atoms with Crippen molar-refractivity contribution < 1.29 is 52.8 Å². The molecule has 0 aromatic heterocycles. The Hall–Kier alpha value is 1.65. The summed E-state index contributed by atoms with van der Waals surface area (Å²) in [7, 11) is 0. The molecule has 0 bridgehead atoms. The number of nitrogens with zero attached hydrogens (tertiary/aromatic N) is 1. The van der Waals surface area contributed by atoms with Gasteiger partial charge in [-0.15, -0.1) is 0 Å². The molecule has 1 nitrogen and oxygen atoms in total. The summed E-state index contributed by atoms with van der Waals surface area (Å²) in [6.07, 6.45) is 0. The van der Waals surface area contributed by atoms with E-state index in [4.69, 9.17) is 5.26 Å². The first-order valence-corrected chi connectivity index (χ1v) is 1.39. The van der Waals surface area contributed by atoms with Crippen LogP contribution in [0.15, 0.2) is 0 Å². The van der Waals surface area contributed by atoms with Gasteiger partial charge in [-0.3, -0.25) is 0 Å². The van der Waals surface area contributed by atoms with Gasteiger partial charge in [0.1, 0.15) is 0 Å². The maximum Gasteiger partial charge on any atom is 1.00 e. The molecular formula is CH2KNSe. The van der Waals surface area contributed by atoms with E-state index in [1.54, 1.807) is 21.0 Å². The summed E-state index contributed by atoms with van der Waals surface area (Å²) in [5.74, 6) is 0. The zero-order valence-electron chi connectivity index (χ0n) is 3.39. The quantitative estimate of drug-likeness (QED) is 0.325. The minimum absolute atomic E-state index is 0. The Morgan fingerprint density at radius 1 is 2.00 bits per heavy atom. The van der Waals surface area contributed by atoms with Gasteiger partial charge in [-0.2, -0.15) is 0 Å². The molecule has 0 heterocycles. The van der Waals surface area contributed by atoms with Gasteiger partial charge < -0.3 is 1.43 Å². The molecule has 0 fully saturated rings. The van der Waals surface area contributed by atoms with Crippen LogP contribution in [-0.4, -0.2) is 16.0 Å². The third kappa shape index (κ3) is 9.42. The Kier molecular flexibility index (Phi) is 20.2. The summed E-state index contributed by atoms with van der Waals surface area (Å²) in [6.45, 7) is 0. The largest absolute Gasteiger partial charge is 1.00 e. The Morgan fingerprint density at radius 3 is 2.00 bits per heavy atom. The molecule has 0 amide bonds. The topological polar surface area (TPSA) is 23.8 Å². The van der Waals surface area contributed by atoms with Crippen LogP contribution in [0.3, 0.4) is 0 Å². The fourth-order valence-electron chi connectivity index (χ4n) is 0. The predicted octanol–water partition coefficient (Wildman–Crippen LogP) is -3.52. The van der Waals surface area contributed by atoms with Crippen molar-refractivity contribution in [1.29, 1.82) is 5.26 Å². The average Bonchev–Trinajstić information content (AvgIpc) is 0.918. The molecule has 4 heavy (non-hydrogen) atoms. The van der Waals surface area contributed by atoms with Crippen LogP contribution in [0.4, 0.5) is 0 Å². The van der Waals surface area contributed by atoms with Crippen LogP contribution in [0.25, 0.3) is 0 Å². The van der Waals surface area contributed by atoms with Gasteiger partial charge in [0.25, 0.3) is 0 Å². The van der Waals surface area contributed by atoms with E-state index in [0.29, 0.717) is 0 Å². The van der Waals surface area contributed by atoms with Gasteiger partial charge in [-0.1, -0.05) is 0 Å². The molecule has 0 aromatic rings. The molecule has 0 spiro atoms. The Balaban J connectivity index is -0.0000000200. The minimum Gasteiger partial charge on any atom is -1.00 e. The molecule has 0 aromatic carbocycles. The number of hydrogen-bond donors (Lipinski definition) is 0. The minimum atomic E-state index is 0. The summed E-state index contributed by atoms with van der Waals surface area (Å²) >= 11 is 1.77. The molecule has 0 rings (SSSR count). The van der Waals surface area contributed by atoms with Crippen LogP contribution >= 0.6 is 0 Å². The second-order valence-corrected chi connectivity index (χ2v) is 0.520. The molecule has 0 N–H and O–H groups in total. The van der Waals surface area contributed by atoms with E-state index in [-0.39, 0.29) is 52.8 Å². The standard InChI is InChI=1S/CHNSe.K.H/c2-1-3;;/h3H;;/q;+1;-1. The van der Waals surface area contributed by atoms with Crippen molar-refractivity contribution in [2.24, 2.45) is 0 Å². The normalized spacial score (nSPS) is 2.00. The molecule has 0 aliphatic heterocycles. The number of hydrogen-bond acceptors (Lipinski definition) is 1. The second-order valence-electron chi connectivity index (χ2n) is 0.100.